The second kappa shape index (κ2) is 8.27. The number of fused-ring (bicyclic) bond motifs is 3. The number of carbonyl (C=O) groups is 3. The first-order valence-corrected chi connectivity index (χ1v) is 13.4. The summed E-state index contributed by atoms with van der Waals surface area (Å²) in [4.78, 5) is 41.7. The Morgan fingerprint density at radius 2 is 1.84 bits per heavy atom. The first-order valence-electron chi connectivity index (χ1n) is 13.0. The number of imide groups is 1. The minimum atomic E-state index is -0.909. The largest absolute Gasteiger partial charge is 0.489 e. The van der Waals surface area contributed by atoms with Gasteiger partial charge < -0.3 is 9.64 Å². The summed E-state index contributed by atoms with van der Waals surface area (Å²) in [6.07, 6.45) is 3.97. The Kier molecular flexibility index (Phi) is 5.18. The third kappa shape index (κ3) is 3.52. The van der Waals surface area contributed by atoms with E-state index in [0.29, 0.717) is 41.9 Å². The fraction of sp³-hybridized carbons (Fsp3) is 0.464. The molecule has 7 nitrogen and oxygen atoms in total. The molecule has 0 unspecified atom stereocenters. The second-order valence-corrected chi connectivity index (χ2v) is 11.5. The highest BCUT2D eigenvalue weighted by molar-refractivity contribution is 6.31. The van der Waals surface area contributed by atoms with Gasteiger partial charge in [-0.25, -0.2) is 4.39 Å². The average molecular weight is 524 g/mol. The van der Waals surface area contributed by atoms with Crippen molar-refractivity contribution in [2.24, 2.45) is 5.92 Å². The van der Waals surface area contributed by atoms with Crippen LogP contribution in [0.2, 0.25) is 5.02 Å². The fourth-order valence-electron chi connectivity index (χ4n) is 6.96. The summed E-state index contributed by atoms with van der Waals surface area (Å²) >= 11 is 6.27. The van der Waals surface area contributed by atoms with Crippen molar-refractivity contribution in [1.29, 1.82) is 0 Å². The first-order chi connectivity index (χ1) is 17.8. The molecule has 2 aromatic rings. The Morgan fingerprint density at radius 3 is 2.59 bits per heavy atom. The van der Waals surface area contributed by atoms with Crippen LogP contribution in [0.5, 0.6) is 5.75 Å². The van der Waals surface area contributed by atoms with E-state index in [1.807, 2.05) is 12.1 Å². The van der Waals surface area contributed by atoms with Crippen molar-refractivity contribution in [1.82, 2.24) is 15.1 Å². The lowest BCUT2D eigenvalue weighted by Crippen LogP contribution is -2.73. The predicted molar refractivity (Wildman–Crippen MR) is 133 cm³/mol. The number of amides is 3. The maximum Gasteiger partial charge on any atom is 0.255 e. The minimum Gasteiger partial charge on any atom is -0.489 e. The number of likely N-dealkylation sites (tertiary alicyclic amines) is 1. The Labute approximate surface area is 218 Å². The molecule has 2 bridgehead atoms. The lowest BCUT2D eigenvalue weighted by molar-refractivity contribution is -0.160. The highest BCUT2D eigenvalue weighted by atomic mass is 35.5. The number of rotatable bonds is 5. The summed E-state index contributed by atoms with van der Waals surface area (Å²) in [7, 11) is 0. The molecule has 2 aromatic carbocycles. The number of hydrogen-bond donors (Lipinski definition) is 1. The number of ether oxygens (including phenoxy) is 1. The van der Waals surface area contributed by atoms with Crippen molar-refractivity contribution < 1.29 is 23.5 Å². The van der Waals surface area contributed by atoms with E-state index in [2.05, 4.69) is 10.2 Å². The zero-order valence-corrected chi connectivity index (χ0v) is 21.0. The average Bonchev–Trinajstić information content (AvgIpc) is 3.38. The Hall–Kier alpha value is -2.97. The van der Waals surface area contributed by atoms with E-state index in [4.69, 9.17) is 16.3 Å². The molecule has 0 radical (unpaired) electrons. The Bertz CT molecular complexity index is 1340. The summed E-state index contributed by atoms with van der Waals surface area (Å²) in [5.41, 5.74) is 1.54. The highest BCUT2D eigenvalue weighted by Crippen LogP contribution is 2.49. The van der Waals surface area contributed by atoms with Gasteiger partial charge in [-0.15, -0.1) is 0 Å². The molecule has 9 heteroatoms. The highest BCUT2D eigenvalue weighted by Gasteiger charge is 2.63. The molecule has 2 saturated carbocycles. The van der Waals surface area contributed by atoms with Crippen LogP contribution in [0.15, 0.2) is 36.4 Å². The Balaban J connectivity index is 1.02. The van der Waals surface area contributed by atoms with Gasteiger partial charge in [-0.05, 0) is 73.6 Å². The van der Waals surface area contributed by atoms with Crippen molar-refractivity contribution in [3.63, 3.8) is 0 Å². The van der Waals surface area contributed by atoms with Crippen LogP contribution in [0.25, 0.3) is 0 Å². The normalized spacial score (nSPS) is 31.1. The number of carbonyl (C=O) groups excluding carboxylic acids is 3. The third-order valence-corrected chi connectivity index (χ3v) is 9.41. The summed E-state index contributed by atoms with van der Waals surface area (Å²) in [6, 6.07) is 10.5. The number of hydrogen-bond acceptors (Lipinski definition) is 5. The molecule has 2 atom stereocenters. The number of nitrogens with zero attached hydrogens (tertiary/aromatic N) is 2. The molecule has 8 rings (SSSR count). The lowest BCUT2D eigenvalue weighted by Gasteiger charge is -2.53. The molecule has 4 aliphatic heterocycles. The minimum absolute atomic E-state index is 0.0528. The lowest BCUT2D eigenvalue weighted by atomic mass is 9.63. The molecular weight excluding hydrogens is 497 g/mol. The molecule has 5 fully saturated rings. The zero-order valence-electron chi connectivity index (χ0n) is 20.2. The fourth-order valence-corrected chi connectivity index (χ4v) is 7.29. The summed E-state index contributed by atoms with van der Waals surface area (Å²) in [6.45, 7) is 2.09. The van der Waals surface area contributed by atoms with Gasteiger partial charge in [-0.1, -0.05) is 17.7 Å². The maximum absolute atomic E-state index is 13.4. The van der Waals surface area contributed by atoms with Crippen LogP contribution in [0, 0.1) is 11.7 Å². The van der Waals surface area contributed by atoms with E-state index in [9.17, 15) is 18.8 Å². The number of nitrogens with one attached hydrogen (secondary N) is 1. The van der Waals surface area contributed by atoms with E-state index in [0.717, 1.165) is 49.2 Å². The van der Waals surface area contributed by atoms with Gasteiger partial charge in [0.05, 0.1) is 0 Å². The van der Waals surface area contributed by atoms with Crippen molar-refractivity contribution in [3.05, 3.63) is 63.9 Å². The van der Waals surface area contributed by atoms with E-state index < -0.39 is 5.54 Å². The topological polar surface area (TPSA) is 79.0 Å². The summed E-state index contributed by atoms with van der Waals surface area (Å²) in [5, 5.41) is 2.91. The second-order valence-electron chi connectivity index (χ2n) is 11.1. The molecule has 192 valence electrons. The predicted octanol–water partition coefficient (Wildman–Crippen LogP) is 3.64. The monoisotopic (exact) mass is 523 g/mol. The third-order valence-electron chi connectivity index (χ3n) is 9.08. The van der Waals surface area contributed by atoms with Crippen LogP contribution in [0.4, 0.5) is 4.39 Å². The molecule has 37 heavy (non-hydrogen) atoms. The van der Waals surface area contributed by atoms with Crippen LogP contribution in [-0.4, -0.2) is 58.3 Å². The van der Waals surface area contributed by atoms with Crippen LogP contribution in [0.1, 0.15) is 59.5 Å². The van der Waals surface area contributed by atoms with Gasteiger partial charge in [0, 0.05) is 48.1 Å². The quantitative estimate of drug-likeness (QED) is 0.605. The molecular formula is C28H27ClFN3O4. The summed E-state index contributed by atoms with van der Waals surface area (Å²) < 4.78 is 19.9. The molecule has 0 spiro atoms. The first kappa shape index (κ1) is 23.2. The molecule has 2 aliphatic carbocycles. The standard InChI is InChI=1S/C28H27ClFN3O4/c29-22-9-18(30)4-6-20(22)17-12-32(13-17)23-2-1-3-24(23)37-19-5-7-21-15(8-19)14-33(26(21)35)28-10-16(11-28)25(34)31-27(28)36/h4-9,16-17,23-24H,1-3,10-14H2,(H,31,34,36)/t16?,23-,24+,28?/m1/s1. The van der Waals surface area contributed by atoms with E-state index >= 15 is 0 Å². The molecule has 0 aromatic heterocycles. The number of halogens is 2. The van der Waals surface area contributed by atoms with E-state index in [1.165, 1.54) is 12.1 Å². The maximum atomic E-state index is 13.4. The van der Waals surface area contributed by atoms with Crippen LogP contribution in [-0.2, 0) is 16.1 Å². The van der Waals surface area contributed by atoms with Gasteiger partial charge in [-0.3, -0.25) is 24.6 Å². The van der Waals surface area contributed by atoms with E-state index in [1.54, 1.807) is 17.0 Å². The van der Waals surface area contributed by atoms with E-state index in [-0.39, 0.29) is 35.6 Å². The van der Waals surface area contributed by atoms with Gasteiger partial charge in [0.15, 0.2) is 0 Å². The van der Waals surface area contributed by atoms with Crippen molar-refractivity contribution in [2.45, 2.75) is 62.3 Å². The SMILES string of the molecule is O=C1NC(=O)C2(N3Cc4cc(O[C@H]5CCC[C@H]5N5CC(c6ccc(F)cc6Cl)C5)ccc4C3=O)CC1C2. The van der Waals surface area contributed by atoms with Gasteiger partial charge in [-0.2, -0.15) is 0 Å². The molecule has 1 N–H and O–H groups in total. The van der Waals surface area contributed by atoms with Gasteiger partial charge in [0.2, 0.25) is 5.91 Å². The van der Waals surface area contributed by atoms with Gasteiger partial charge in [0.25, 0.3) is 11.8 Å². The van der Waals surface area contributed by atoms with Crippen LogP contribution >= 0.6 is 11.6 Å². The van der Waals surface area contributed by atoms with Crippen molar-refractivity contribution in [2.75, 3.05) is 13.1 Å². The zero-order chi connectivity index (χ0) is 25.5. The van der Waals surface area contributed by atoms with Crippen molar-refractivity contribution >= 4 is 29.3 Å². The Morgan fingerprint density at radius 1 is 1.03 bits per heavy atom. The molecule has 4 heterocycles. The summed E-state index contributed by atoms with van der Waals surface area (Å²) in [5.74, 6) is -0.224. The number of piperidine rings is 2. The molecule has 3 saturated heterocycles. The smallest absolute Gasteiger partial charge is 0.255 e. The number of benzene rings is 2. The van der Waals surface area contributed by atoms with Gasteiger partial charge in [0.1, 0.15) is 23.2 Å². The molecule has 3 amide bonds. The molecule has 6 aliphatic rings. The van der Waals surface area contributed by atoms with Crippen LogP contribution < -0.4 is 10.1 Å². The van der Waals surface area contributed by atoms with Gasteiger partial charge >= 0.3 is 0 Å². The van der Waals surface area contributed by atoms with Crippen molar-refractivity contribution in [3.8, 4) is 5.75 Å². The van der Waals surface area contributed by atoms with Crippen LogP contribution in [0.3, 0.4) is 0 Å².